The monoisotopic (exact) mass is 653 g/mol. The van der Waals surface area contributed by atoms with Crippen LogP contribution in [0.4, 0.5) is 58.4 Å². The van der Waals surface area contributed by atoms with Gasteiger partial charge in [0.2, 0.25) is 0 Å². The molecule has 3 aromatic carbocycles. The molecule has 216 valence electrons. The first-order chi connectivity index (χ1) is 18.4. The molecule has 1 fully saturated rings. The summed E-state index contributed by atoms with van der Waals surface area (Å²) in [7, 11) is 0. The molecule has 2 aliphatic rings. The second-order valence-corrected chi connectivity index (χ2v) is 14.4. The van der Waals surface area contributed by atoms with E-state index < -0.39 is 75.3 Å². The van der Waals surface area contributed by atoms with Crippen molar-refractivity contribution in [1.29, 1.82) is 0 Å². The van der Waals surface area contributed by atoms with Crippen LogP contribution in [0, 0.1) is 0 Å². The molecule has 0 bridgehead atoms. The molecule has 2 atom stereocenters. The van der Waals surface area contributed by atoms with Crippen LogP contribution in [0.25, 0.3) is 0 Å². The molecule has 2 nitrogen and oxygen atoms in total. The molecular weight excluding hydrogens is 637 g/mol. The van der Waals surface area contributed by atoms with Gasteiger partial charge in [-0.3, -0.25) is 0 Å². The van der Waals surface area contributed by atoms with E-state index in [4.69, 9.17) is 3.82 Å². The third-order valence-corrected chi connectivity index (χ3v) is 14.8. The summed E-state index contributed by atoms with van der Waals surface area (Å²) in [6.45, 7) is 0. The van der Waals surface area contributed by atoms with Gasteiger partial charge in [0.1, 0.15) is 0 Å². The molecule has 0 radical (unpaired) electrons. The number of para-hydroxylation sites is 1. The van der Waals surface area contributed by atoms with Gasteiger partial charge in [-0.2, -0.15) is 0 Å². The number of halogens is 12. The second kappa shape index (κ2) is 8.56. The summed E-state index contributed by atoms with van der Waals surface area (Å²) in [6.07, 6.45) is -25.1. The van der Waals surface area contributed by atoms with Crippen molar-refractivity contribution in [2.45, 2.75) is 40.7 Å². The van der Waals surface area contributed by atoms with Crippen molar-refractivity contribution < 1.29 is 56.5 Å². The van der Waals surface area contributed by atoms with Crippen LogP contribution in [0.2, 0.25) is 0 Å². The summed E-state index contributed by atoms with van der Waals surface area (Å²) in [5.74, 6) is 0. The maximum absolute atomic E-state index is 15.0. The molecule has 2 unspecified atom stereocenters. The van der Waals surface area contributed by atoms with Gasteiger partial charge in [-0.25, -0.2) is 0 Å². The topological polar surface area (TPSA) is 12.5 Å². The number of alkyl halides is 12. The van der Waals surface area contributed by atoms with Crippen LogP contribution >= 0.6 is 0 Å². The molecule has 0 aromatic heterocycles. The predicted octanol–water partition coefficient (Wildman–Crippen LogP) is 7.39. The number of rotatable bonds is 2. The molecular formula is C25H15F12NOSe. The van der Waals surface area contributed by atoms with E-state index in [0.717, 1.165) is 60.7 Å². The zero-order valence-corrected chi connectivity index (χ0v) is 21.2. The van der Waals surface area contributed by atoms with Crippen molar-refractivity contribution in [3.05, 3.63) is 96.1 Å². The Labute approximate surface area is 220 Å². The third-order valence-electron chi connectivity index (χ3n) is 6.88. The van der Waals surface area contributed by atoms with Crippen LogP contribution in [0.1, 0.15) is 15.9 Å². The first kappa shape index (κ1) is 28.6. The van der Waals surface area contributed by atoms with Gasteiger partial charge in [-0.05, 0) is 0 Å². The van der Waals surface area contributed by atoms with Crippen LogP contribution in [0.15, 0.2) is 84.9 Å². The van der Waals surface area contributed by atoms with Gasteiger partial charge in [0.25, 0.3) is 0 Å². The van der Waals surface area contributed by atoms with Crippen molar-refractivity contribution in [3.63, 3.8) is 0 Å². The van der Waals surface area contributed by atoms with E-state index in [1.54, 1.807) is 0 Å². The van der Waals surface area contributed by atoms with E-state index in [1.807, 2.05) is 0 Å². The van der Waals surface area contributed by atoms with Crippen molar-refractivity contribution in [2.75, 3.05) is 3.92 Å². The second-order valence-electron chi connectivity index (χ2n) is 9.01. The zero-order valence-electron chi connectivity index (χ0n) is 19.5. The molecule has 0 aliphatic carbocycles. The summed E-state index contributed by atoms with van der Waals surface area (Å²) in [5, 5.41) is 0. The van der Waals surface area contributed by atoms with Crippen molar-refractivity contribution >= 4 is 23.5 Å². The summed E-state index contributed by atoms with van der Waals surface area (Å²) in [6, 6.07) is 12.6. The SMILES string of the molecule is FC(F)(F)C1(C(F)(F)F)O[Se]2(c3ccccc31)C(c1ccccc1)C(C(F)(F)F)(C(F)(F)F)N2c1ccccc1. The average Bonchev–Trinajstić information content (AvgIpc) is 3.17. The number of hydrogen-bond acceptors (Lipinski definition) is 2. The Morgan fingerprint density at radius 3 is 1.50 bits per heavy atom. The predicted molar refractivity (Wildman–Crippen MR) is 120 cm³/mol. The van der Waals surface area contributed by atoms with Crippen LogP contribution in [-0.4, -0.2) is 43.6 Å². The fraction of sp³-hybridized carbons (Fsp3) is 0.280. The van der Waals surface area contributed by atoms with Gasteiger partial charge in [-0.15, -0.1) is 0 Å². The molecule has 15 heteroatoms. The normalized spacial score (nSPS) is 25.7. The van der Waals surface area contributed by atoms with E-state index in [0.29, 0.717) is 12.1 Å². The Morgan fingerprint density at radius 2 is 1.02 bits per heavy atom. The molecule has 2 aliphatic heterocycles. The van der Waals surface area contributed by atoms with Gasteiger partial charge >= 0.3 is 221 Å². The quantitative estimate of drug-likeness (QED) is 0.212. The van der Waals surface area contributed by atoms with Gasteiger partial charge in [0.05, 0.1) is 0 Å². The Kier molecular flexibility index (Phi) is 6.12. The molecule has 5 rings (SSSR count). The summed E-state index contributed by atoms with van der Waals surface area (Å²) in [5.41, 5.74) is -13.4. The fourth-order valence-corrected chi connectivity index (χ4v) is 15.4. The molecule has 1 spiro atoms. The zero-order chi connectivity index (χ0) is 29.6. The van der Waals surface area contributed by atoms with E-state index in [9.17, 15) is 52.7 Å². The summed E-state index contributed by atoms with van der Waals surface area (Å²) >= 11 is -6.08. The molecule has 0 N–H and O–H groups in total. The van der Waals surface area contributed by atoms with E-state index in [-0.39, 0.29) is 3.92 Å². The Hall–Kier alpha value is -2.90. The van der Waals surface area contributed by atoms with E-state index in [2.05, 4.69) is 0 Å². The average molecular weight is 652 g/mol. The van der Waals surface area contributed by atoms with Gasteiger partial charge in [0, 0.05) is 0 Å². The molecule has 2 heterocycles. The molecule has 0 amide bonds. The van der Waals surface area contributed by atoms with Crippen molar-refractivity contribution in [1.82, 2.24) is 0 Å². The molecule has 1 saturated heterocycles. The first-order valence-electron chi connectivity index (χ1n) is 11.2. The van der Waals surface area contributed by atoms with Crippen molar-refractivity contribution in [2.24, 2.45) is 0 Å². The third kappa shape index (κ3) is 3.37. The molecule has 40 heavy (non-hydrogen) atoms. The Morgan fingerprint density at radius 1 is 0.575 bits per heavy atom. The van der Waals surface area contributed by atoms with Gasteiger partial charge in [-0.1, -0.05) is 0 Å². The number of anilines is 1. The van der Waals surface area contributed by atoms with Crippen molar-refractivity contribution in [3.8, 4) is 0 Å². The number of benzene rings is 3. The summed E-state index contributed by atoms with van der Waals surface area (Å²) < 4.78 is 181. The minimum atomic E-state index is -6.31. The van der Waals surface area contributed by atoms with Crippen LogP contribution in [0.5, 0.6) is 0 Å². The maximum atomic E-state index is 15.0. The van der Waals surface area contributed by atoms with Crippen LogP contribution < -0.4 is 8.38 Å². The molecule has 3 aromatic rings. The van der Waals surface area contributed by atoms with E-state index >= 15 is 0 Å². The van der Waals surface area contributed by atoms with Gasteiger partial charge in [0.15, 0.2) is 0 Å². The number of fused-ring (bicyclic) bond motifs is 2. The number of nitrogens with zero attached hydrogens (tertiary/aromatic N) is 1. The first-order valence-corrected chi connectivity index (χ1v) is 14.5. The Bertz CT molecular complexity index is 1320. The number of hydrogen-bond donors (Lipinski definition) is 0. The standard InChI is InChI=1S/C25H15F12NOSe/c26-22(27,28)20(23(29,30)31)19(15-9-3-1-4-10-15)40(38(20)16-11-5-2-6-12-16)18-14-8-7-13-17(18)21(39-40,24(32,33)34)25(35,36)37/h1-14,19H. The van der Waals surface area contributed by atoms with Crippen LogP contribution in [0.3, 0.4) is 0 Å². The fourth-order valence-electron chi connectivity index (χ4n) is 5.44. The van der Waals surface area contributed by atoms with Crippen LogP contribution in [-0.2, 0) is 9.42 Å². The summed E-state index contributed by atoms with van der Waals surface area (Å²) in [4.78, 5) is -3.00. The van der Waals surface area contributed by atoms with E-state index in [1.165, 1.54) is 12.1 Å². The molecule has 0 saturated carbocycles. The Balaban J connectivity index is 1.99. The minimum absolute atomic E-state index is 0.376. The van der Waals surface area contributed by atoms with Gasteiger partial charge < -0.3 is 0 Å².